The van der Waals surface area contributed by atoms with E-state index >= 15 is 0 Å². The highest BCUT2D eigenvalue weighted by molar-refractivity contribution is 5.81. The summed E-state index contributed by atoms with van der Waals surface area (Å²) in [5, 5.41) is 9.10. The molecule has 1 aliphatic carbocycles. The van der Waals surface area contributed by atoms with Crippen LogP contribution in [0.2, 0.25) is 0 Å². The van der Waals surface area contributed by atoms with Gasteiger partial charge in [-0.25, -0.2) is 0 Å². The van der Waals surface area contributed by atoms with E-state index in [1.807, 2.05) is 36.4 Å². The van der Waals surface area contributed by atoms with Crippen molar-refractivity contribution in [2.24, 2.45) is 11.8 Å². The van der Waals surface area contributed by atoms with Crippen LogP contribution in [0.25, 0.3) is 0 Å². The van der Waals surface area contributed by atoms with Gasteiger partial charge in [0.2, 0.25) is 0 Å². The van der Waals surface area contributed by atoms with Gasteiger partial charge >= 0.3 is 11.9 Å². The normalized spacial score (nSPS) is 21.9. The molecule has 0 unspecified atom stereocenters. The van der Waals surface area contributed by atoms with Crippen molar-refractivity contribution in [3.63, 3.8) is 0 Å². The van der Waals surface area contributed by atoms with Crippen molar-refractivity contribution in [1.82, 2.24) is 0 Å². The van der Waals surface area contributed by atoms with Gasteiger partial charge in [0, 0.05) is 0 Å². The smallest absolute Gasteiger partial charge is 0.310 e. The third-order valence-electron chi connectivity index (χ3n) is 3.28. The fraction of sp³-hybridized carbons (Fsp3) is 0.333. The van der Waals surface area contributed by atoms with Crippen LogP contribution in [0.1, 0.15) is 18.4 Å². The fourth-order valence-electron chi connectivity index (χ4n) is 2.18. The summed E-state index contributed by atoms with van der Waals surface area (Å²) < 4.78 is 5.21. The molecule has 1 aromatic carbocycles. The first-order valence-electron chi connectivity index (χ1n) is 6.27. The van der Waals surface area contributed by atoms with E-state index in [0.717, 1.165) is 5.56 Å². The van der Waals surface area contributed by atoms with Crippen molar-refractivity contribution in [2.45, 2.75) is 19.4 Å². The number of aliphatic carboxylic acids is 1. The van der Waals surface area contributed by atoms with Crippen molar-refractivity contribution in [3.05, 3.63) is 48.0 Å². The van der Waals surface area contributed by atoms with Gasteiger partial charge in [0.25, 0.3) is 0 Å². The van der Waals surface area contributed by atoms with E-state index < -0.39 is 23.8 Å². The van der Waals surface area contributed by atoms with Gasteiger partial charge in [0.1, 0.15) is 6.61 Å². The van der Waals surface area contributed by atoms with Crippen LogP contribution in [0.5, 0.6) is 0 Å². The SMILES string of the molecule is O=C(O)[C@H]1CC=CC[C@H]1C(=O)OCc1ccccc1. The molecule has 0 fully saturated rings. The van der Waals surface area contributed by atoms with Gasteiger partial charge in [0.05, 0.1) is 11.8 Å². The number of carboxylic acid groups (broad SMARTS) is 1. The first-order valence-corrected chi connectivity index (χ1v) is 6.27. The lowest BCUT2D eigenvalue weighted by atomic mass is 9.83. The minimum Gasteiger partial charge on any atom is -0.481 e. The molecule has 4 heteroatoms. The number of ether oxygens (including phenoxy) is 1. The highest BCUT2D eigenvalue weighted by Crippen LogP contribution is 2.27. The third-order valence-corrected chi connectivity index (χ3v) is 3.28. The van der Waals surface area contributed by atoms with Crippen molar-refractivity contribution >= 4 is 11.9 Å². The third kappa shape index (κ3) is 3.44. The molecule has 0 spiro atoms. The second-order valence-corrected chi connectivity index (χ2v) is 4.59. The molecule has 100 valence electrons. The predicted octanol–water partition coefficient (Wildman–Crippen LogP) is 2.40. The van der Waals surface area contributed by atoms with Gasteiger partial charge in [-0.3, -0.25) is 9.59 Å². The van der Waals surface area contributed by atoms with Crippen LogP contribution >= 0.6 is 0 Å². The highest BCUT2D eigenvalue weighted by atomic mass is 16.5. The Morgan fingerprint density at radius 3 is 2.37 bits per heavy atom. The molecule has 0 amide bonds. The number of hydrogen-bond donors (Lipinski definition) is 1. The summed E-state index contributed by atoms with van der Waals surface area (Å²) in [6, 6.07) is 9.35. The second-order valence-electron chi connectivity index (χ2n) is 4.59. The molecule has 1 aliphatic rings. The average molecular weight is 260 g/mol. The summed E-state index contributed by atoms with van der Waals surface area (Å²) in [5.74, 6) is -2.62. The fourth-order valence-corrected chi connectivity index (χ4v) is 2.18. The summed E-state index contributed by atoms with van der Waals surface area (Å²) in [5.41, 5.74) is 0.897. The highest BCUT2D eigenvalue weighted by Gasteiger charge is 2.34. The van der Waals surface area contributed by atoms with Gasteiger partial charge in [0.15, 0.2) is 0 Å². The molecule has 0 radical (unpaired) electrons. The van der Waals surface area contributed by atoms with Crippen molar-refractivity contribution in [2.75, 3.05) is 0 Å². The van der Waals surface area contributed by atoms with Crippen LogP contribution in [0.15, 0.2) is 42.5 Å². The molecular weight excluding hydrogens is 244 g/mol. The first-order chi connectivity index (χ1) is 9.18. The minimum absolute atomic E-state index is 0.187. The second kappa shape index (κ2) is 6.18. The Hall–Kier alpha value is -2.10. The number of allylic oxidation sites excluding steroid dienone is 2. The standard InChI is InChI=1S/C15H16O4/c16-14(17)12-8-4-5-9-13(12)15(18)19-10-11-6-2-1-3-7-11/h1-7,12-13H,8-10H2,(H,16,17)/t12-,13+/m0/s1. The molecular formula is C15H16O4. The van der Waals surface area contributed by atoms with Crippen LogP contribution in [0.3, 0.4) is 0 Å². The molecule has 1 N–H and O–H groups in total. The summed E-state index contributed by atoms with van der Waals surface area (Å²) in [6.07, 6.45) is 4.47. The van der Waals surface area contributed by atoms with E-state index in [1.54, 1.807) is 6.08 Å². The molecule has 2 rings (SSSR count). The molecule has 19 heavy (non-hydrogen) atoms. The lowest BCUT2D eigenvalue weighted by molar-refractivity contribution is -0.158. The number of esters is 1. The van der Waals surface area contributed by atoms with E-state index in [-0.39, 0.29) is 6.61 Å². The Labute approximate surface area is 111 Å². The van der Waals surface area contributed by atoms with E-state index in [0.29, 0.717) is 12.8 Å². The molecule has 0 saturated heterocycles. The number of benzene rings is 1. The summed E-state index contributed by atoms with van der Waals surface area (Å²) in [4.78, 5) is 23.1. The molecule has 0 saturated carbocycles. The van der Waals surface area contributed by atoms with E-state index in [2.05, 4.69) is 0 Å². The van der Waals surface area contributed by atoms with Gasteiger partial charge < -0.3 is 9.84 Å². The Bertz CT molecular complexity index is 478. The van der Waals surface area contributed by atoms with Crippen LogP contribution in [-0.4, -0.2) is 17.0 Å². The van der Waals surface area contributed by atoms with Crippen molar-refractivity contribution in [1.29, 1.82) is 0 Å². The summed E-state index contributed by atoms with van der Waals surface area (Å²) >= 11 is 0. The molecule has 0 bridgehead atoms. The van der Waals surface area contributed by atoms with Gasteiger partial charge in [-0.2, -0.15) is 0 Å². The summed E-state index contributed by atoms with van der Waals surface area (Å²) in [6.45, 7) is 0.187. The maximum atomic E-state index is 12.0. The molecule has 0 aromatic heterocycles. The maximum absolute atomic E-state index is 12.0. The minimum atomic E-state index is -0.939. The molecule has 1 aromatic rings. The Morgan fingerprint density at radius 2 is 1.74 bits per heavy atom. The maximum Gasteiger partial charge on any atom is 0.310 e. The Morgan fingerprint density at radius 1 is 1.11 bits per heavy atom. The number of rotatable bonds is 4. The van der Waals surface area contributed by atoms with Gasteiger partial charge in [-0.05, 0) is 18.4 Å². The molecule has 2 atom stereocenters. The number of carbonyl (C=O) groups excluding carboxylic acids is 1. The quantitative estimate of drug-likeness (QED) is 0.667. The zero-order chi connectivity index (χ0) is 13.7. The Kier molecular flexibility index (Phi) is 4.34. The lowest BCUT2D eigenvalue weighted by Crippen LogP contribution is -2.32. The lowest BCUT2D eigenvalue weighted by Gasteiger charge is -2.23. The predicted molar refractivity (Wildman–Crippen MR) is 69.2 cm³/mol. The molecule has 0 aliphatic heterocycles. The monoisotopic (exact) mass is 260 g/mol. The van der Waals surface area contributed by atoms with Crippen LogP contribution in [0, 0.1) is 11.8 Å². The van der Waals surface area contributed by atoms with Crippen molar-refractivity contribution in [3.8, 4) is 0 Å². The zero-order valence-corrected chi connectivity index (χ0v) is 10.5. The average Bonchev–Trinajstić information content (AvgIpc) is 2.46. The number of carboxylic acids is 1. The molecule has 0 heterocycles. The van der Waals surface area contributed by atoms with Crippen molar-refractivity contribution < 1.29 is 19.4 Å². The molecule has 4 nitrogen and oxygen atoms in total. The number of hydrogen-bond acceptors (Lipinski definition) is 3. The van der Waals surface area contributed by atoms with Crippen LogP contribution in [0.4, 0.5) is 0 Å². The van der Waals surface area contributed by atoms with Crippen LogP contribution in [-0.2, 0) is 20.9 Å². The zero-order valence-electron chi connectivity index (χ0n) is 10.5. The van der Waals surface area contributed by atoms with E-state index in [1.165, 1.54) is 0 Å². The van der Waals surface area contributed by atoms with E-state index in [9.17, 15) is 9.59 Å². The van der Waals surface area contributed by atoms with Gasteiger partial charge in [-0.15, -0.1) is 0 Å². The number of carbonyl (C=O) groups is 2. The van der Waals surface area contributed by atoms with E-state index in [4.69, 9.17) is 9.84 Å². The summed E-state index contributed by atoms with van der Waals surface area (Å²) in [7, 11) is 0. The first kappa shape index (κ1) is 13.3. The largest absolute Gasteiger partial charge is 0.481 e. The van der Waals surface area contributed by atoms with Gasteiger partial charge in [-0.1, -0.05) is 42.5 Å². The Balaban J connectivity index is 1.95. The topological polar surface area (TPSA) is 63.6 Å². The van der Waals surface area contributed by atoms with Crippen LogP contribution < -0.4 is 0 Å².